The molecule has 2 N–H and O–H groups in total. The largest absolute Gasteiger partial charge is 0.309 e. The van der Waals surface area contributed by atoms with Gasteiger partial charge in [0.1, 0.15) is 10.7 Å². The van der Waals surface area contributed by atoms with E-state index in [1.165, 1.54) is 28.6 Å². The number of aromatic nitrogens is 2. The predicted molar refractivity (Wildman–Crippen MR) is 112 cm³/mol. The van der Waals surface area contributed by atoms with Crippen molar-refractivity contribution in [1.82, 2.24) is 15.4 Å². The molecule has 1 amide bonds. The standard InChI is InChI=1S/C20H21N3O3S2/c24-17(23-26-10-13-6-2-1-3-7-13)12-27-11-16-21-19(25)18-14-8-4-5-9-15(14)28-20(18)22-16/h1-3,6-7H,4-5,8-12H2,(H,23,24)(H,21,22,25). The summed E-state index contributed by atoms with van der Waals surface area (Å²) in [5, 5.41) is 0.764. The maximum Gasteiger partial charge on any atom is 0.259 e. The summed E-state index contributed by atoms with van der Waals surface area (Å²) in [4.78, 5) is 39.2. The summed E-state index contributed by atoms with van der Waals surface area (Å²) in [6.45, 7) is 0.325. The zero-order valence-electron chi connectivity index (χ0n) is 15.3. The number of amides is 1. The van der Waals surface area contributed by atoms with Crippen LogP contribution < -0.4 is 11.0 Å². The van der Waals surface area contributed by atoms with Crippen molar-refractivity contribution in [2.75, 3.05) is 5.75 Å². The second kappa shape index (κ2) is 8.89. The molecule has 6 nitrogen and oxygen atoms in total. The molecular formula is C20H21N3O3S2. The number of thioether (sulfide) groups is 1. The van der Waals surface area contributed by atoms with Crippen LogP contribution in [0.1, 0.15) is 34.7 Å². The van der Waals surface area contributed by atoms with Crippen molar-refractivity contribution in [3.8, 4) is 0 Å². The second-order valence-electron chi connectivity index (χ2n) is 6.70. The van der Waals surface area contributed by atoms with Crippen molar-refractivity contribution in [2.45, 2.75) is 38.0 Å². The first-order chi connectivity index (χ1) is 13.7. The van der Waals surface area contributed by atoms with Gasteiger partial charge >= 0.3 is 0 Å². The number of hydrogen-bond donors (Lipinski definition) is 2. The van der Waals surface area contributed by atoms with Gasteiger partial charge in [0, 0.05) is 4.88 Å². The molecule has 1 aliphatic carbocycles. The van der Waals surface area contributed by atoms with E-state index in [1.807, 2.05) is 30.3 Å². The Kier molecular flexibility index (Phi) is 6.09. The minimum atomic E-state index is -0.212. The highest BCUT2D eigenvalue weighted by atomic mass is 32.2. The van der Waals surface area contributed by atoms with Crippen LogP contribution >= 0.6 is 23.1 Å². The zero-order chi connectivity index (χ0) is 19.3. The smallest absolute Gasteiger partial charge is 0.259 e. The molecule has 0 saturated heterocycles. The summed E-state index contributed by atoms with van der Waals surface area (Å²) < 4.78 is 0. The van der Waals surface area contributed by atoms with E-state index >= 15 is 0 Å². The number of aryl methyl sites for hydroxylation is 2. The fraction of sp³-hybridized carbons (Fsp3) is 0.350. The van der Waals surface area contributed by atoms with Crippen molar-refractivity contribution in [1.29, 1.82) is 0 Å². The summed E-state index contributed by atoms with van der Waals surface area (Å²) in [6, 6.07) is 9.64. The van der Waals surface area contributed by atoms with E-state index in [9.17, 15) is 9.59 Å². The van der Waals surface area contributed by atoms with Crippen LogP contribution in [0, 0.1) is 0 Å². The van der Waals surface area contributed by atoms with Crippen molar-refractivity contribution in [2.24, 2.45) is 0 Å². The van der Waals surface area contributed by atoms with Crippen LogP contribution in [0.5, 0.6) is 0 Å². The molecule has 0 unspecified atom stereocenters. The molecule has 1 aliphatic rings. The second-order valence-corrected chi connectivity index (χ2v) is 8.77. The molecule has 0 bridgehead atoms. The quantitative estimate of drug-likeness (QED) is 0.578. The molecule has 28 heavy (non-hydrogen) atoms. The molecule has 2 aromatic heterocycles. The number of nitrogens with zero attached hydrogens (tertiary/aromatic N) is 1. The number of carbonyl (C=O) groups excluding carboxylic acids is 1. The monoisotopic (exact) mass is 415 g/mol. The van der Waals surface area contributed by atoms with Crippen LogP contribution in [0.25, 0.3) is 10.2 Å². The molecule has 0 aliphatic heterocycles. The molecule has 0 radical (unpaired) electrons. The summed E-state index contributed by atoms with van der Waals surface area (Å²) in [6.07, 6.45) is 4.33. The highest BCUT2D eigenvalue weighted by Crippen LogP contribution is 2.33. The van der Waals surface area contributed by atoms with Gasteiger partial charge < -0.3 is 4.98 Å². The van der Waals surface area contributed by atoms with Gasteiger partial charge in [-0.1, -0.05) is 30.3 Å². The van der Waals surface area contributed by atoms with E-state index in [0.717, 1.165) is 35.0 Å². The topological polar surface area (TPSA) is 84.1 Å². The lowest BCUT2D eigenvalue weighted by Gasteiger charge is -2.09. The van der Waals surface area contributed by atoms with Gasteiger partial charge in [-0.3, -0.25) is 14.4 Å². The average molecular weight is 416 g/mol. The van der Waals surface area contributed by atoms with Gasteiger partial charge in [0.2, 0.25) is 0 Å². The van der Waals surface area contributed by atoms with Crippen molar-refractivity contribution in [3.05, 3.63) is 62.5 Å². The van der Waals surface area contributed by atoms with E-state index in [-0.39, 0.29) is 17.2 Å². The number of fused-ring (bicyclic) bond motifs is 3. The van der Waals surface area contributed by atoms with Gasteiger partial charge in [0.15, 0.2) is 0 Å². The van der Waals surface area contributed by atoms with Crippen molar-refractivity contribution >= 4 is 39.2 Å². The van der Waals surface area contributed by atoms with Crippen LogP contribution in [-0.4, -0.2) is 21.6 Å². The van der Waals surface area contributed by atoms with E-state index in [1.54, 1.807) is 11.3 Å². The predicted octanol–water partition coefficient (Wildman–Crippen LogP) is 3.34. The molecule has 0 atom stereocenters. The Morgan fingerprint density at radius 1 is 1.25 bits per heavy atom. The molecule has 4 rings (SSSR count). The number of hydrogen-bond acceptors (Lipinski definition) is 6. The Morgan fingerprint density at radius 3 is 2.93 bits per heavy atom. The van der Waals surface area contributed by atoms with Gasteiger partial charge in [0.05, 0.1) is 23.5 Å². The Hall–Kier alpha value is -2.16. The molecule has 0 spiro atoms. The lowest BCUT2D eigenvalue weighted by atomic mass is 9.97. The average Bonchev–Trinajstić information content (AvgIpc) is 3.07. The minimum absolute atomic E-state index is 0.0596. The summed E-state index contributed by atoms with van der Waals surface area (Å²) in [5.74, 6) is 1.10. The van der Waals surface area contributed by atoms with Gasteiger partial charge in [-0.25, -0.2) is 10.5 Å². The van der Waals surface area contributed by atoms with Crippen LogP contribution in [-0.2, 0) is 34.8 Å². The molecule has 3 aromatic rings. The number of rotatable bonds is 7. The molecule has 2 heterocycles. The highest BCUT2D eigenvalue weighted by Gasteiger charge is 2.19. The van der Waals surface area contributed by atoms with E-state index in [2.05, 4.69) is 15.4 Å². The SMILES string of the molecule is O=C(CSCc1nc2sc3c(c2c(=O)[nH]1)CCCC3)NOCc1ccccc1. The minimum Gasteiger partial charge on any atom is -0.309 e. The van der Waals surface area contributed by atoms with Gasteiger partial charge in [-0.2, -0.15) is 0 Å². The van der Waals surface area contributed by atoms with Crippen LogP contribution in [0.4, 0.5) is 0 Å². The molecule has 0 fully saturated rings. The number of thiophene rings is 1. The maximum atomic E-state index is 12.5. The molecular weight excluding hydrogens is 394 g/mol. The lowest BCUT2D eigenvalue weighted by molar-refractivity contribution is -0.131. The maximum absolute atomic E-state index is 12.5. The van der Waals surface area contributed by atoms with Crippen molar-refractivity contribution < 1.29 is 9.63 Å². The Bertz CT molecular complexity index is 1030. The first kappa shape index (κ1) is 19.2. The van der Waals surface area contributed by atoms with Crippen LogP contribution in [0.2, 0.25) is 0 Å². The fourth-order valence-corrected chi connectivity index (χ4v) is 5.28. The van der Waals surface area contributed by atoms with Gasteiger partial charge in [-0.15, -0.1) is 23.1 Å². The molecule has 0 saturated carbocycles. The Balaban J connectivity index is 1.29. The summed E-state index contributed by atoms with van der Waals surface area (Å²) in [7, 11) is 0. The van der Waals surface area contributed by atoms with Gasteiger partial charge in [-0.05, 0) is 36.8 Å². The summed E-state index contributed by atoms with van der Waals surface area (Å²) in [5.41, 5.74) is 4.56. The van der Waals surface area contributed by atoms with E-state index < -0.39 is 0 Å². The first-order valence-corrected chi connectivity index (χ1v) is 11.2. The number of carbonyl (C=O) groups is 1. The zero-order valence-corrected chi connectivity index (χ0v) is 17.0. The number of aromatic amines is 1. The molecule has 8 heteroatoms. The Morgan fingerprint density at radius 2 is 2.07 bits per heavy atom. The number of benzene rings is 1. The van der Waals surface area contributed by atoms with E-state index in [4.69, 9.17) is 4.84 Å². The van der Waals surface area contributed by atoms with Crippen molar-refractivity contribution in [3.63, 3.8) is 0 Å². The van der Waals surface area contributed by atoms with Crippen LogP contribution in [0.3, 0.4) is 0 Å². The number of H-pyrrole nitrogens is 1. The third kappa shape index (κ3) is 4.45. The van der Waals surface area contributed by atoms with Gasteiger partial charge in [0.25, 0.3) is 11.5 Å². The normalized spacial score (nSPS) is 13.4. The lowest BCUT2D eigenvalue weighted by Crippen LogP contribution is -2.25. The third-order valence-corrected chi connectivity index (χ3v) is 6.74. The fourth-order valence-electron chi connectivity index (χ4n) is 3.32. The first-order valence-electron chi connectivity index (χ1n) is 9.26. The molecule has 146 valence electrons. The number of hydroxylamine groups is 1. The molecule has 1 aromatic carbocycles. The number of nitrogens with one attached hydrogen (secondary N) is 2. The van der Waals surface area contributed by atoms with Crippen LogP contribution in [0.15, 0.2) is 35.1 Å². The highest BCUT2D eigenvalue weighted by molar-refractivity contribution is 7.99. The third-order valence-electron chi connectivity index (χ3n) is 4.61. The summed E-state index contributed by atoms with van der Waals surface area (Å²) >= 11 is 3.03. The van der Waals surface area contributed by atoms with E-state index in [0.29, 0.717) is 18.2 Å². The Labute approximate surface area is 170 Å².